The lowest BCUT2D eigenvalue weighted by atomic mass is 10.0. The summed E-state index contributed by atoms with van der Waals surface area (Å²) < 4.78 is 0. The van der Waals surface area contributed by atoms with E-state index in [0.717, 1.165) is 39.3 Å². The molecule has 3 amide bonds. The van der Waals surface area contributed by atoms with Gasteiger partial charge in [-0.05, 0) is 44.5 Å². The van der Waals surface area contributed by atoms with Crippen molar-refractivity contribution in [2.45, 2.75) is 45.6 Å². The lowest BCUT2D eigenvalue weighted by Crippen LogP contribution is -2.48. The summed E-state index contributed by atoms with van der Waals surface area (Å²) in [4.78, 5) is 43.6. The van der Waals surface area contributed by atoms with Gasteiger partial charge in [0.15, 0.2) is 0 Å². The molecular weight excluding hydrogens is 406 g/mol. The number of rotatable bonds is 8. The van der Waals surface area contributed by atoms with E-state index >= 15 is 0 Å². The van der Waals surface area contributed by atoms with Gasteiger partial charge in [0.05, 0.1) is 0 Å². The molecule has 2 aliphatic rings. The molecule has 0 radical (unpaired) electrons. The summed E-state index contributed by atoms with van der Waals surface area (Å²) in [5.41, 5.74) is 1.13. The minimum absolute atomic E-state index is 0.0997. The van der Waals surface area contributed by atoms with Gasteiger partial charge in [-0.25, -0.2) is 0 Å². The molecular formula is C24H37N5O3. The second kappa shape index (κ2) is 12.0. The highest BCUT2D eigenvalue weighted by atomic mass is 16.2. The van der Waals surface area contributed by atoms with Gasteiger partial charge in [0, 0.05) is 76.5 Å². The summed E-state index contributed by atoms with van der Waals surface area (Å²) in [7, 11) is 0. The SMILES string of the molecule is CC(=O)Nc1cccc(C(=O)N(CCC(=O)N2CCNCC2)CCN2CCCC[C@H]2C)c1. The van der Waals surface area contributed by atoms with Crippen LogP contribution in [0.15, 0.2) is 24.3 Å². The van der Waals surface area contributed by atoms with E-state index in [0.29, 0.717) is 36.8 Å². The molecule has 1 aromatic rings. The smallest absolute Gasteiger partial charge is 0.253 e. The largest absolute Gasteiger partial charge is 0.340 e. The monoisotopic (exact) mass is 443 g/mol. The summed E-state index contributed by atoms with van der Waals surface area (Å²) in [6.07, 6.45) is 3.97. The van der Waals surface area contributed by atoms with Crippen LogP contribution in [0.3, 0.4) is 0 Å². The Morgan fingerprint density at radius 2 is 1.91 bits per heavy atom. The third kappa shape index (κ3) is 7.03. The second-order valence-electron chi connectivity index (χ2n) is 8.82. The van der Waals surface area contributed by atoms with Crippen LogP contribution in [0, 0.1) is 0 Å². The molecule has 2 aliphatic heterocycles. The van der Waals surface area contributed by atoms with Crippen molar-refractivity contribution in [1.29, 1.82) is 0 Å². The van der Waals surface area contributed by atoms with E-state index in [2.05, 4.69) is 22.5 Å². The fraction of sp³-hybridized carbons (Fsp3) is 0.625. The van der Waals surface area contributed by atoms with Gasteiger partial charge in [-0.1, -0.05) is 12.5 Å². The van der Waals surface area contributed by atoms with Crippen LogP contribution < -0.4 is 10.6 Å². The van der Waals surface area contributed by atoms with Gasteiger partial charge >= 0.3 is 0 Å². The highest BCUT2D eigenvalue weighted by Crippen LogP contribution is 2.17. The van der Waals surface area contributed by atoms with E-state index in [9.17, 15) is 14.4 Å². The first-order chi connectivity index (χ1) is 15.4. The van der Waals surface area contributed by atoms with Crippen LogP contribution in [0.4, 0.5) is 5.69 Å². The maximum Gasteiger partial charge on any atom is 0.253 e. The molecule has 0 aromatic heterocycles. The first kappa shape index (κ1) is 24.2. The normalized spacial score (nSPS) is 19.4. The Bertz CT molecular complexity index is 794. The van der Waals surface area contributed by atoms with Gasteiger partial charge < -0.3 is 20.4 Å². The van der Waals surface area contributed by atoms with Crippen LogP contribution in [0.2, 0.25) is 0 Å². The van der Waals surface area contributed by atoms with Gasteiger partial charge in [0.25, 0.3) is 5.91 Å². The molecule has 2 fully saturated rings. The van der Waals surface area contributed by atoms with Crippen LogP contribution in [0.5, 0.6) is 0 Å². The van der Waals surface area contributed by atoms with Gasteiger partial charge in [0.1, 0.15) is 0 Å². The molecule has 32 heavy (non-hydrogen) atoms. The summed E-state index contributed by atoms with van der Waals surface area (Å²) >= 11 is 0. The number of benzene rings is 1. The third-order valence-electron chi connectivity index (χ3n) is 6.38. The summed E-state index contributed by atoms with van der Waals surface area (Å²) in [6, 6.07) is 7.54. The quantitative estimate of drug-likeness (QED) is 0.640. The Hall–Kier alpha value is -2.45. The molecule has 0 unspecified atom stereocenters. The number of nitrogens with one attached hydrogen (secondary N) is 2. The van der Waals surface area contributed by atoms with Crippen LogP contribution in [0.25, 0.3) is 0 Å². The molecule has 1 atom stereocenters. The molecule has 2 N–H and O–H groups in total. The van der Waals surface area contributed by atoms with Crippen molar-refractivity contribution < 1.29 is 14.4 Å². The molecule has 2 heterocycles. The maximum atomic E-state index is 13.4. The number of carbonyl (C=O) groups excluding carboxylic acids is 3. The lowest BCUT2D eigenvalue weighted by Gasteiger charge is -2.35. The number of hydrogen-bond acceptors (Lipinski definition) is 5. The summed E-state index contributed by atoms with van der Waals surface area (Å²) in [6.45, 7) is 9.61. The van der Waals surface area contributed by atoms with E-state index in [1.54, 1.807) is 29.2 Å². The second-order valence-corrected chi connectivity index (χ2v) is 8.82. The summed E-state index contributed by atoms with van der Waals surface area (Å²) in [5.74, 6) is -0.176. The van der Waals surface area contributed by atoms with Crippen molar-refractivity contribution >= 4 is 23.4 Å². The highest BCUT2D eigenvalue weighted by Gasteiger charge is 2.23. The molecule has 1 aromatic carbocycles. The van der Waals surface area contributed by atoms with E-state index in [4.69, 9.17) is 0 Å². The minimum Gasteiger partial charge on any atom is -0.340 e. The minimum atomic E-state index is -0.174. The number of anilines is 1. The molecule has 0 saturated carbocycles. The number of amides is 3. The average molecular weight is 444 g/mol. The van der Waals surface area contributed by atoms with Crippen molar-refractivity contribution in [2.75, 3.05) is 57.7 Å². The number of piperazine rings is 1. The van der Waals surface area contributed by atoms with Crippen LogP contribution >= 0.6 is 0 Å². The molecule has 176 valence electrons. The maximum absolute atomic E-state index is 13.4. The zero-order chi connectivity index (χ0) is 22.9. The predicted molar refractivity (Wildman–Crippen MR) is 126 cm³/mol. The Morgan fingerprint density at radius 1 is 1.12 bits per heavy atom. The Kier molecular flexibility index (Phi) is 9.05. The van der Waals surface area contributed by atoms with E-state index in [-0.39, 0.29) is 17.7 Å². The zero-order valence-corrected chi connectivity index (χ0v) is 19.4. The predicted octanol–water partition coefficient (Wildman–Crippen LogP) is 1.78. The fourth-order valence-corrected chi connectivity index (χ4v) is 4.47. The first-order valence-corrected chi connectivity index (χ1v) is 11.8. The Labute approximate surface area is 191 Å². The Morgan fingerprint density at radius 3 is 2.62 bits per heavy atom. The van der Waals surface area contributed by atoms with Crippen molar-refractivity contribution in [2.24, 2.45) is 0 Å². The number of likely N-dealkylation sites (tertiary alicyclic amines) is 1. The number of nitrogens with zero attached hydrogens (tertiary/aromatic N) is 3. The van der Waals surface area contributed by atoms with Gasteiger partial charge in [0.2, 0.25) is 11.8 Å². The topological polar surface area (TPSA) is 85.0 Å². The van der Waals surface area contributed by atoms with E-state index in [1.807, 2.05) is 4.90 Å². The standard InChI is InChI=1S/C24H37N5O3/c1-19-6-3-4-12-27(19)16-17-29(13-9-23(31)28-14-10-25-11-15-28)24(32)21-7-5-8-22(18-21)26-20(2)30/h5,7-8,18-19,25H,3-4,6,9-17H2,1-2H3,(H,26,30)/t19-/m1/s1. The van der Waals surface area contributed by atoms with Crippen molar-refractivity contribution in [3.63, 3.8) is 0 Å². The lowest BCUT2D eigenvalue weighted by molar-refractivity contribution is -0.132. The van der Waals surface area contributed by atoms with E-state index < -0.39 is 0 Å². The number of piperidine rings is 1. The van der Waals surface area contributed by atoms with Gasteiger partial charge in [-0.15, -0.1) is 0 Å². The van der Waals surface area contributed by atoms with Crippen molar-refractivity contribution in [3.8, 4) is 0 Å². The molecule has 0 spiro atoms. The van der Waals surface area contributed by atoms with Crippen molar-refractivity contribution in [1.82, 2.24) is 20.0 Å². The number of carbonyl (C=O) groups is 3. The fourth-order valence-electron chi connectivity index (χ4n) is 4.47. The molecule has 2 saturated heterocycles. The molecule has 3 rings (SSSR count). The molecule has 8 nitrogen and oxygen atoms in total. The van der Waals surface area contributed by atoms with Gasteiger partial charge in [-0.3, -0.25) is 19.3 Å². The summed E-state index contributed by atoms with van der Waals surface area (Å²) in [5, 5.41) is 6.00. The van der Waals surface area contributed by atoms with Crippen molar-refractivity contribution in [3.05, 3.63) is 29.8 Å². The zero-order valence-electron chi connectivity index (χ0n) is 19.4. The molecule has 8 heteroatoms. The van der Waals surface area contributed by atoms with E-state index in [1.165, 1.54) is 26.2 Å². The molecule has 0 aliphatic carbocycles. The van der Waals surface area contributed by atoms with Crippen LogP contribution in [0.1, 0.15) is 49.9 Å². The van der Waals surface area contributed by atoms with Crippen LogP contribution in [-0.4, -0.2) is 90.8 Å². The third-order valence-corrected chi connectivity index (χ3v) is 6.38. The highest BCUT2D eigenvalue weighted by molar-refractivity contribution is 5.97. The average Bonchev–Trinajstić information content (AvgIpc) is 2.80. The first-order valence-electron chi connectivity index (χ1n) is 11.8. The number of hydrogen-bond donors (Lipinski definition) is 2. The molecule has 0 bridgehead atoms. The van der Waals surface area contributed by atoms with Crippen LogP contribution in [-0.2, 0) is 9.59 Å². The Balaban J connectivity index is 1.67. The van der Waals surface area contributed by atoms with Gasteiger partial charge in [-0.2, -0.15) is 0 Å².